The largest absolute Gasteiger partial charge is 0.309 e. The van der Waals surface area contributed by atoms with Gasteiger partial charge in [-0.15, -0.1) is 11.3 Å². The van der Waals surface area contributed by atoms with E-state index in [0.717, 1.165) is 60.7 Å². The van der Waals surface area contributed by atoms with Crippen molar-refractivity contribution >= 4 is 21.6 Å². The number of hydrogen-bond acceptors (Lipinski definition) is 5. The van der Waals surface area contributed by atoms with Crippen molar-refractivity contribution in [2.75, 3.05) is 33.7 Å². The minimum absolute atomic E-state index is 0.128. The van der Waals surface area contributed by atoms with Gasteiger partial charge in [-0.2, -0.15) is 0 Å². The van der Waals surface area contributed by atoms with Crippen LogP contribution in [0.25, 0.3) is 10.2 Å². The number of nitrogens with zero attached hydrogens (tertiary/aromatic N) is 4. The van der Waals surface area contributed by atoms with Crippen LogP contribution in [-0.2, 0) is 13.1 Å². The van der Waals surface area contributed by atoms with Crippen molar-refractivity contribution in [3.63, 3.8) is 0 Å². The smallest absolute Gasteiger partial charge is 0.262 e. The lowest BCUT2D eigenvalue weighted by molar-refractivity contribution is 0.280. The Kier molecular flexibility index (Phi) is 6.54. The summed E-state index contributed by atoms with van der Waals surface area (Å²) in [5.74, 6) is 0.899. The van der Waals surface area contributed by atoms with Crippen molar-refractivity contribution in [3.05, 3.63) is 26.6 Å². The first kappa shape index (κ1) is 19.1. The highest BCUT2D eigenvalue weighted by atomic mass is 32.1. The minimum atomic E-state index is 0.128. The van der Waals surface area contributed by atoms with Crippen molar-refractivity contribution in [1.29, 1.82) is 0 Å². The Balaban J connectivity index is 2.49. The Morgan fingerprint density at radius 3 is 2.42 bits per heavy atom. The van der Waals surface area contributed by atoms with E-state index in [9.17, 15) is 4.79 Å². The van der Waals surface area contributed by atoms with E-state index in [4.69, 9.17) is 4.98 Å². The maximum Gasteiger partial charge on any atom is 0.262 e. The molecule has 2 aromatic rings. The Morgan fingerprint density at radius 1 is 1.17 bits per heavy atom. The van der Waals surface area contributed by atoms with Crippen molar-refractivity contribution < 1.29 is 0 Å². The molecule has 24 heavy (non-hydrogen) atoms. The second-order valence-corrected chi connectivity index (χ2v) is 7.77. The molecule has 0 fully saturated rings. The van der Waals surface area contributed by atoms with E-state index >= 15 is 0 Å². The molecule has 0 aliphatic heterocycles. The van der Waals surface area contributed by atoms with Crippen LogP contribution in [-0.4, -0.2) is 53.1 Å². The number of rotatable bonds is 8. The summed E-state index contributed by atoms with van der Waals surface area (Å²) in [6, 6.07) is 0. The standard InChI is InChI=1S/C18H30N4OS/c1-7-21(8-2)12-15-19-17-16(13(3)14(4)24-17)18(23)22(15)11-9-10-20(5)6/h7-12H2,1-6H3. The van der Waals surface area contributed by atoms with Gasteiger partial charge in [0.25, 0.3) is 5.56 Å². The molecule has 5 nitrogen and oxygen atoms in total. The van der Waals surface area contributed by atoms with E-state index in [1.807, 2.05) is 11.5 Å². The zero-order valence-corrected chi connectivity index (χ0v) is 16.7. The summed E-state index contributed by atoms with van der Waals surface area (Å²) < 4.78 is 1.91. The van der Waals surface area contributed by atoms with Crippen molar-refractivity contribution in [2.24, 2.45) is 0 Å². The molecule has 0 atom stereocenters. The predicted molar refractivity (Wildman–Crippen MR) is 103 cm³/mol. The zero-order valence-electron chi connectivity index (χ0n) is 15.8. The monoisotopic (exact) mass is 350 g/mol. The van der Waals surface area contributed by atoms with Gasteiger partial charge >= 0.3 is 0 Å². The van der Waals surface area contributed by atoms with Crippen LogP contribution in [0.3, 0.4) is 0 Å². The highest BCUT2D eigenvalue weighted by Gasteiger charge is 2.17. The Bertz CT molecular complexity index is 744. The summed E-state index contributed by atoms with van der Waals surface area (Å²) >= 11 is 1.64. The molecule has 0 spiro atoms. The molecule has 2 heterocycles. The Morgan fingerprint density at radius 2 is 1.83 bits per heavy atom. The maximum atomic E-state index is 13.1. The Labute approximate surface area is 148 Å². The molecule has 0 unspecified atom stereocenters. The van der Waals surface area contributed by atoms with Gasteiger partial charge in [-0.3, -0.25) is 14.3 Å². The first-order chi connectivity index (χ1) is 11.4. The number of aromatic nitrogens is 2. The van der Waals surface area contributed by atoms with Gasteiger partial charge in [-0.05, 0) is 59.6 Å². The fourth-order valence-corrected chi connectivity index (χ4v) is 3.95. The van der Waals surface area contributed by atoms with Gasteiger partial charge in [0.1, 0.15) is 10.7 Å². The van der Waals surface area contributed by atoms with Crippen LogP contribution in [0.4, 0.5) is 0 Å². The predicted octanol–water partition coefficient (Wildman–Crippen LogP) is 2.87. The molecule has 0 saturated carbocycles. The van der Waals surface area contributed by atoms with Crippen LogP contribution in [0, 0.1) is 13.8 Å². The SMILES string of the molecule is CCN(CC)Cc1nc2sc(C)c(C)c2c(=O)n1CCCN(C)C. The molecule has 0 amide bonds. The van der Waals surface area contributed by atoms with Gasteiger partial charge in [-0.1, -0.05) is 13.8 Å². The second-order valence-electron chi connectivity index (χ2n) is 6.57. The third kappa shape index (κ3) is 4.05. The number of hydrogen-bond donors (Lipinski definition) is 0. The number of aryl methyl sites for hydroxylation is 2. The van der Waals surface area contributed by atoms with E-state index in [-0.39, 0.29) is 5.56 Å². The summed E-state index contributed by atoms with van der Waals surface area (Å²) in [6.45, 7) is 12.8. The normalized spacial score (nSPS) is 12.0. The average molecular weight is 351 g/mol. The van der Waals surface area contributed by atoms with Crippen molar-refractivity contribution in [2.45, 2.75) is 47.2 Å². The van der Waals surface area contributed by atoms with Crippen LogP contribution >= 0.6 is 11.3 Å². The van der Waals surface area contributed by atoms with Gasteiger partial charge < -0.3 is 4.90 Å². The van der Waals surface area contributed by atoms with Gasteiger partial charge in [0, 0.05) is 11.4 Å². The molecule has 0 radical (unpaired) electrons. The molecule has 0 bridgehead atoms. The molecule has 0 aliphatic rings. The number of thiophene rings is 1. The van der Waals surface area contributed by atoms with Gasteiger partial charge in [-0.25, -0.2) is 4.98 Å². The van der Waals surface area contributed by atoms with E-state index in [1.54, 1.807) is 11.3 Å². The minimum Gasteiger partial charge on any atom is -0.309 e. The van der Waals surface area contributed by atoms with Crippen molar-refractivity contribution in [1.82, 2.24) is 19.4 Å². The second kappa shape index (κ2) is 8.23. The summed E-state index contributed by atoms with van der Waals surface area (Å²) in [5.41, 5.74) is 1.21. The lowest BCUT2D eigenvalue weighted by Crippen LogP contribution is -2.31. The molecule has 0 N–H and O–H groups in total. The van der Waals surface area contributed by atoms with Crippen LogP contribution in [0.15, 0.2) is 4.79 Å². The average Bonchev–Trinajstić information content (AvgIpc) is 2.82. The van der Waals surface area contributed by atoms with Crippen LogP contribution in [0.1, 0.15) is 36.5 Å². The van der Waals surface area contributed by atoms with Gasteiger partial charge in [0.15, 0.2) is 0 Å². The van der Waals surface area contributed by atoms with E-state index in [1.165, 1.54) is 4.88 Å². The molecule has 6 heteroatoms. The molecule has 0 saturated heterocycles. The summed E-state index contributed by atoms with van der Waals surface area (Å²) in [4.78, 5) is 24.5. The quantitative estimate of drug-likeness (QED) is 0.734. The summed E-state index contributed by atoms with van der Waals surface area (Å²) in [5, 5.41) is 0.811. The molecule has 2 aromatic heterocycles. The topological polar surface area (TPSA) is 41.4 Å². The highest BCUT2D eigenvalue weighted by Crippen LogP contribution is 2.26. The third-order valence-corrected chi connectivity index (χ3v) is 5.72. The zero-order chi connectivity index (χ0) is 17.9. The molecular weight excluding hydrogens is 320 g/mol. The van der Waals surface area contributed by atoms with Gasteiger partial charge in [0.2, 0.25) is 0 Å². The number of fused-ring (bicyclic) bond motifs is 1. The molecular formula is C18H30N4OS. The first-order valence-electron chi connectivity index (χ1n) is 8.75. The summed E-state index contributed by atoms with van der Waals surface area (Å²) in [7, 11) is 4.13. The third-order valence-electron chi connectivity index (χ3n) is 4.61. The fourth-order valence-electron chi connectivity index (χ4n) is 2.91. The van der Waals surface area contributed by atoms with Crippen molar-refractivity contribution in [3.8, 4) is 0 Å². The lowest BCUT2D eigenvalue weighted by atomic mass is 10.2. The molecule has 0 aromatic carbocycles. The van der Waals surface area contributed by atoms with E-state index < -0.39 is 0 Å². The molecule has 2 rings (SSSR count). The lowest BCUT2D eigenvalue weighted by Gasteiger charge is -2.21. The van der Waals surface area contributed by atoms with Crippen LogP contribution in [0.5, 0.6) is 0 Å². The molecule has 0 aliphatic carbocycles. The van der Waals surface area contributed by atoms with Crippen LogP contribution in [0.2, 0.25) is 0 Å². The fraction of sp³-hybridized carbons (Fsp3) is 0.667. The maximum absolute atomic E-state index is 13.1. The first-order valence-corrected chi connectivity index (χ1v) is 9.57. The van der Waals surface area contributed by atoms with E-state index in [2.05, 4.69) is 44.7 Å². The van der Waals surface area contributed by atoms with Crippen LogP contribution < -0.4 is 5.56 Å². The summed E-state index contributed by atoms with van der Waals surface area (Å²) in [6.07, 6.45) is 0.952. The van der Waals surface area contributed by atoms with Gasteiger partial charge in [0.05, 0.1) is 11.9 Å². The Hall–Kier alpha value is -1.24. The highest BCUT2D eigenvalue weighted by molar-refractivity contribution is 7.18. The molecule has 134 valence electrons. The van der Waals surface area contributed by atoms with E-state index in [0.29, 0.717) is 0 Å².